The number of hydrogen-bond donors (Lipinski definition) is 1. The maximum atomic E-state index is 12.5. The van der Waals surface area contributed by atoms with Crippen LogP contribution in [0, 0.1) is 0 Å². The van der Waals surface area contributed by atoms with Gasteiger partial charge in [-0.25, -0.2) is 0 Å². The van der Waals surface area contributed by atoms with Crippen LogP contribution in [0.2, 0.25) is 0 Å². The lowest BCUT2D eigenvalue weighted by Crippen LogP contribution is -2.13. The molecule has 1 aromatic rings. The van der Waals surface area contributed by atoms with Gasteiger partial charge in [0.2, 0.25) is 0 Å². The van der Waals surface area contributed by atoms with E-state index in [1.54, 1.807) is 13.8 Å². The fraction of sp³-hybridized carbons (Fsp3) is 0.455. The minimum Gasteiger partial charge on any atom is -0.491 e. The summed E-state index contributed by atoms with van der Waals surface area (Å²) in [5.41, 5.74) is 4.64. The summed E-state index contributed by atoms with van der Waals surface area (Å²) in [4.78, 5) is 0. The van der Waals surface area contributed by atoms with E-state index in [1.165, 1.54) is 12.1 Å². The molecule has 0 heterocycles. The van der Waals surface area contributed by atoms with E-state index in [9.17, 15) is 13.2 Å². The van der Waals surface area contributed by atoms with Gasteiger partial charge in [0.05, 0.1) is 11.7 Å². The van der Waals surface area contributed by atoms with Gasteiger partial charge in [0.1, 0.15) is 5.75 Å². The van der Waals surface area contributed by atoms with Gasteiger partial charge in [0.25, 0.3) is 0 Å². The van der Waals surface area contributed by atoms with Crippen LogP contribution in [-0.2, 0) is 12.7 Å². The van der Waals surface area contributed by atoms with Crippen LogP contribution in [0.3, 0.4) is 0 Å². The average molecular weight is 233 g/mol. The highest BCUT2D eigenvalue weighted by Gasteiger charge is 2.32. The first-order valence-electron chi connectivity index (χ1n) is 4.91. The normalized spacial score (nSPS) is 11.9. The lowest BCUT2D eigenvalue weighted by molar-refractivity contribution is -0.138. The second-order valence-electron chi connectivity index (χ2n) is 3.69. The fourth-order valence-electron chi connectivity index (χ4n) is 1.36. The summed E-state index contributed by atoms with van der Waals surface area (Å²) in [7, 11) is 0. The van der Waals surface area contributed by atoms with Gasteiger partial charge in [-0.05, 0) is 37.6 Å². The highest BCUT2D eigenvalue weighted by Crippen LogP contribution is 2.33. The first-order valence-corrected chi connectivity index (χ1v) is 4.91. The standard InChI is InChI=1S/C11H14F3NO/c1-7(2)16-9-3-4-10(11(12,13)14)8(5-9)6-15/h3-5,7H,6,15H2,1-2H3. The van der Waals surface area contributed by atoms with Crippen LogP contribution in [0.25, 0.3) is 0 Å². The Bertz CT molecular complexity index is 361. The van der Waals surface area contributed by atoms with Gasteiger partial charge in [-0.2, -0.15) is 13.2 Å². The van der Waals surface area contributed by atoms with Crippen LogP contribution in [0.1, 0.15) is 25.0 Å². The molecule has 0 bridgehead atoms. The van der Waals surface area contributed by atoms with Crippen molar-refractivity contribution in [2.75, 3.05) is 0 Å². The van der Waals surface area contributed by atoms with Crippen LogP contribution in [0.5, 0.6) is 5.75 Å². The maximum Gasteiger partial charge on any atom is 0.416 e. The van der Waals surface area contributed by atoms with Crippen molar-refractivity contribution in [3.63, 3.8) is 0 Å². The van der Waals surface area contributed by atoms with E-state index in [-0.39, 0.29) is 18.2 Å². The van der Waals surface area contributed by atoms with Crippen molar-refractivity contribution >= 4 is 0 Å². The second-order valence-corrected chi connectivity index (χ2v) is 3.69. The summed E-state index contributed by atoms with van der Waals surface area (Å²) in [5, 5.41) is 0. The number of alkyl halides is 3. The quantitative estimate of drug-likeness (QED) is 0.871. The minimum absolute atomic E-state index is 0.0469. The lowest BCUT2D eigenvalue weighted by atomic mass is 10.1. The van der Waals surface area contributed by atoms with Gasteiger partial charge in [-0.3, -0.25) is 0 Å². The average Bonchev–Trinajstić information content (AvgIpc) is 2.14. The van der Waals surface area contributed by atoms with Gasteiger partial charge in [-0.1, -0.05) is 0 Å². The molecular formula is C11H14F3NO. The van der Waals surface area contributed by atoms with Crippen LogP contribution >= 0.6 is 0 Å². The Hall–Kier alpha value is -1.23. The third-order valence-corrected chi connectivity index (χ3v) is 1.97. The monoisotopic (exact) mass is 233 g/mol. The molecule has 16 heavy (non-hydrogen) atoms. The third kappa shape index (κ3) is 3.13. The molecule has 0 aromatic heterocycles. The van der Waals surface area contributed by atoms with Crippen LogP contribution in [0.4, 0.5) is 13.2 Å². The number of benzene rings is 1. The van der Waals surface area contributed by atoms with Crippen molar-refractivity contribution < 1.29 is 17.9 Å². The predicted octanol–water partition coefficient (Wildman–Crippen LogP) is 2.95. The summed E-state index contributed by atoms with van der Waals surface area (Å²) in [6.07, 6.45) is -4.45. The van der Waals surface area contributed by atoms with E-state index in [1.807, 2.05) is 0 Å². The molecule has 0 atom stereocenters. The Morgan fingerprint density at radius 3 is 2.38 bits per heavy atom. The number of nitrogens with two attached hydrogens (primary N) is 1. The van der Waals surface area contributed by atoms with Crippen molar-refractivity contribution in [1.29, 1.82) is 0 Å². The predicted molar refractivity (Wildman–Crippen MR) is 55.1 cm³/mol. The van der Waals surface area contributed by atoms with Gasteiger partial charge in [0.15, 0.2) is 0 Å². The molecular weight excluding hydrogens is 219 g/mol. The Balaban J connectivity index is 3.07. The summed E-state index contributed by atoms with van der Waals surface area (Å²) in [5.74, 6) is 0.406. The zero-order valence-corrected chi connectivity index (χ0v) is 9.14. The SMILES string of the molecule is CC(C)Oc1ccc(C(F)(F)F)c(CN)c1. The second kappa shape index (κ2) is 4.74. The molecule has 0 saturated carbocycles. The van der Waals surface area contributed by atoms with E-state index < -0.39 is 11.7 Å². The lowest BCUT2D eigenvalue weighted by Gasteiger charge is -2.15. The number of hydrogen-bond acceptors (Lipinski definition) is 2. The topological polar surface area (TPSA) is 35.2 Å². The molecule has 90 valence electrons. The molecule has 0 aliphatic rings. The molecule has 0 aliphatic heterocycles. The van der Waals surface area contributed by atoms with E-state index in [2.05, 4.69) is 0 Å². The maximum absolute atomic E-state index is 12.5. The van der Waals surface area contributed by atoms with Crippen LogP contribution in [-0.4, -0.2) is 6.10 Å². The zero-order chi connectivity index (χ0) is 12.3. The Morgan fingerprint density at radius 2 is 1.94 bits per heavy atom. The largest absolute Gasteiger partial charge is 0.491 e. The highest BCUT2D eigenvalue weighted by molar-refractivity contribution is 5.37. The van der Waals surface area contributed by atoms with Gasteiger partial charge < -0.3 is 10.5 Å². The third-order valence-electron chi connectivity index (χ3n) is 1.97. The summed E-state index contributed by atoms with van der Waals surface area (Å²) in [6, 6.07) is 3.64. The van der Waals surface area contributed by atoms with Crippen molar-refractivity contribution in [2.24, 2.45) is 5.73 Å². The number of rotatable bonds is 3. The van der Waals surface area contributed by atoms with Crippen LogP contribution < -0.4 is 10.5 Å². The van der Waals surface area contributed by atoms with E-state index in [0.29, 0.717) is 5.75 Å². The molecule has 0 radical (unpaired) electrons. The summed E-state index contributed by atoms with van der Waals surface area (Å²) >= 11 is 0. The van der Waals surface area contributed by atoms with Gasteiger partial charge in [0, 0.05) is 6.54 Å². The van der Waals surface area contributed by atoms with Crippen molar-refractivity contribution in [3.8, 4) is 5.75 Å². The molecule has 1 aromatic carbocycles. The molecule has 0 spiro atoms. The molecule has 0 fully saturated rings. The summed E-state index contributed by atoms with van der Waals surface area (Å²) < 4.78 is 42.9. The molecule has 2 N–H and O–H groups in total. The molecule has 2 nitrogen and oxygen atoms in total. The molecule has 5 heteroatoms. The van der Waals surface area contributed by atoms with E-state index in [0.717, 1.165) is 6.07 Å². The highest BCUT2D eigenvalue weighted by atomic mass is 19.4. The summed E-state index contributed by atoms with van der Waals surface area (Å²) in [6.45, 7) is 3.45. The van der Waals surface area contributed by atoms with E-state index in [4.69, 9.17) is 10.5 Å². The van der Waals surface area contributed by atoms with E-state index >= 15 is 0 Å². The minimum atomic E-state index is -4.37. The molecule has 0 saturated heterocycles. The molecule has 0 amide bonds. The molecule has 0 unspecified atom stereocenters. The Labute approximate surface area is 92.2 Å². The Morgan fingerprint density at radius 1 is 1.31 bits per heavy atom. The molecule has 1 rings (SSSR count). The van der Waals surface area contributed by atoms with Crippen molar-refractivity contribution in [3.05, 3.63) is 29.3 Å². The fourth-order valence-corrected chi connectivity index (χ4v) is 1.36. The Kier molecular flexibility index (Phi) is 3.80. The molecule has 0 aliphatic carbocycles. The van der Waals surface area contributed by atoms with Crippen LogP contribution in [0.15, 0.2) is 18.2 Å². The number of halogens is 3. The zero-order valence-electron chi connectivity index (χ0n) is 9.14. The van der Waals surface area contributed by atoms with Gasteiger partial charge in [-0.15, -0.1) is 0 Å². The first-order chi connectivity index (χ1) is 7.34. The van der Waals surface area contributed by atoms with Gasteiger partial charge >= 0.3 is 6.18 Å². The smallest absolute Gasteiger partial charge is 0.416 e. The first kappa shape index (κ1) is 12.8. The van der Waals surface area contributed by atoms with Crippen molar-refractivity contribution in [2.45, 2.75) is 32.7 Å². The van der Waals surface area contributed by atoms with Crippen molar-refractivity contribution in [1.82, 2.24) is 0 Å². The number of ether oxygens (including phenoxy) is 1.